The lowest BCUT2D eigenvalue weighted by atomic mass is 9.78. The predicted molar refractivity (Wildman–Crippen MR) is 118 cm³/mol. The average Bonchev–Trinajstić information content (AvgIpc) is 3.14. The molecule has 1 aliphatic carbocycles. The first kappa shape index (κ1) is 20.4. The summed E-state index contributed by atoms with van der Waals surface area (Å²) in [6.07, 6.45) is 5.43. The van der Waals surface area contributed by atoms with Crippen molar-refractivity contribution in [2.45, 2.75) is 59.4 Å². The minimum absolute atomic E-state index is 0.156. The van der Waals surface area contributed by atoms with E-state index in [0.717, 1.165) is 18.4 Å². The summed E-state index contributed by atoms with van der Waals surface area (Å²) in [5, 5.41) is 6.12. The largest absolute Gasteiger partial charge is 0.349 e. The highest BCUT2D eigenvalue weighted by atomic mass is 16.2. The fourth-order valence-corrected chi connectivity index (χ4v) is 4.47. The summed E-state index contributed by atoms with van der Waals surface area (Å²) in [5.41, 5.74) is 4.20. The maximum Gasteiger partial charge on any atom is 0.276 e. The molecule has 4 rings (SSSR count). The number of carbonyl (C=O) groups excluding carboxylic acids is 1. The lowest BCUT2D eigenvalue weighted by Crippen LogP contribution is -2.43. The van der Waals surface area contributed by atoms with Gasteiger partial charge in [-0.25, -0.2) is 9.50 Å². The number of H-pyrrole nitrogens is 1. The highest BCUT2D eigenvalue weighted by molar-refractivity contribution is 5.99. The molecule has 0 spiro atoms. The van der Waals surface area contributed by atoms with Gasteiger partial charge in [-0.05, 0) is 37.7 Å². The van der Waals surface area contributed by atoms with Crippen LogP contribution < -0.4 is 10.9 Å². The standard InChI is InChI=1S/C24H30N4O2/c1-14-8-10-18(11-9-14)12-19-17(4)26-22-20(13-25-28(22)24(19)30)23(29)27-21-7-5-6-15(2)16(21)3/h8-11,13,15-16,21,25H,5-7,12H2,1-4H3,(H,27,29)/t15-,16+,21+/m0/s1. The molecule has 1 amide bonds. The Balaban J connectivity index is 1.63. The van der Waals surface area contributed by atoms with E-state index in [0.29, 0.717) is 40.7 Å². The first-order valence-corrected chi connectivity index (χ1v) is 10.8. The molecule has 2 heterocycles. The molecule has 0 saturated heterocycles. The molecular weight excluding hydrogens is 376 g/mol. The average molecular weight is 407 g/mol. The second-order valence-corrected chi connectivity index (χ2v) is 8.84. The number of hydrogen-bond acceptors (Lipinski definition) is 3. The Hall–Kier alpha value is -2.89. The van der Waals surface area contributed by atoms with Crippen molar-refractivity contribution in [1.29, 1.82) is 0 Å². The number of amides is 1. The number of fused-ring (bicyclic) bond motifs is 1. The zero-order valence-corrected chi connectivity index (χ0v) is 18.2. The molecule has 30 heavy (non-hydrogen) atoms. The van der Waals surface area contributed by atoms with Crippen LogP contribution in [0, 0.1) is 25.7 Å². The second kappa shape index (κ2) is 8.09. The van der Waals surface area contributed by atoms with Gasteiger partial charge in [0.1, 0.15) is 5.56 Å². The van der Waals surface area contributed by atoms with Crippen LogP contribution in [-0.2, 0) is 6.42 Å². The van der Waals surface area contributed by atoms with Gasteiger partial charge in [0, 0.05) is 29.9 Å². The molecule has 6 nitrogen and oxygen atoms in total. The smallest absolute Gasteiger partial charge is 0.276 e. The summed E-state index contributed by atoms with van der Waals surface area (Å²) in [6.45, 7) is 8.32. The highest BCUT2D eigenvalue weighted by Crippen LogP contribution is 2.29. The molecule has 1 aliphatic rings. The molecule has 1 saturated carbocycles. The second-order valence-electron chi connectivity index (χ2n) is 8.84. The molecule has 1 aromatic carbocycles. The van der Waals surface area contributed by atoms with Crippen molar-refractivity contribution in [2.75, 3.05) is 0 Å². The van der Waals surface area contributed by atoms with Crippen LogP contribution >= 0.6 is 0 Å². The molecule has 1 fully saturated rings. The SMILES string of the molecule is Cc1ccc(Cc2c(C)nc3c(C(=O)N[C@@H]4CCC[C@H](C)[C@H]4C)c[nH]n3c2=O)cc1. The number of nitrogens with zero attached hydrogens (tertiary/aromatic N) is 2. The Morgan fingerprint density at radius 1 is 1.20 bits per heavy atom. The van der Waals surface area contributed by atoms with Crippen molar-refractivity contribution in [1.82, 2.24) is 19.9 Å². The minimum Gasteiger partial charge on any atom is -0.349 e. The summed E-state index contributed by atoms with van der Waals surface area (Å²) < 4.78 is 1.39. The van der Waals surface area contributed by atoms with Crippen molar-refractivity contribution in [3.05, 3.63) is 68.8 Å². The van der Waals surface area contributed by atoms with Gasteiger partial charge in [-0.1, -0.05) is 56.5 Å². The molecule has 0 bridgehead atoms. The van der Waals surface area contributed by atoms with Crippen LogP contribution in [0.2, 0.25) is 0 Å². The van der Waals surface area contributed by atoms with Gasteiger partial charge in [0.2, 0.25) is 0 Å². The van der Waals surface area contributed by atoms with Crippen molar-refractivity contribution < 1.29 is 4.79 Å². The van der Waals surface area contributed by atoms with E-state index < -0.39 is 0 Å². The van der Waals surface area contributed by atoms with Crippen molar-refractivity contribution in [3.63, 3.8) is 0 Å². The normalized spacial score (nSPS) is 21.7. The van der Waals surface area contributed by atoms with E-state index in [1.807, 2.05) is 38.1 Å². The molecule has 0 radical (unpaired) electrons. The lowest BCUT2D eigenvalue weighted by Gasteiger charge is -2.34. The third-order valence-electron chi connectivity index (χ3n) is 6.73. The monoisotopic (exact) mass is 406 g/mol. The van der Waals surface area contributed by atoms with Gasteiger partial charge in [0.25, 0.3) is 11.5 Å². The lowest BCUT2D eigenvalue weighted by molar-refractivity contribution is 0.0892. The van der Waals surface area contributed by atoms with Gasteiger partial charge in [-0.15, -0.1) is 0 Å². The van der Waals surface area contributed by atoms with Crippen LogP contribution in [0.25, 0.3) is 5.65 Å². The molecule has 158 valence electrons. The van der Waals surface area contributed by atoms with E-state index in [1.165, 1.54) is 16.5 Å². The molecule has 3 atom stereocenters. The number of nitrogens with one attached hydrogen (secondary N) is 2. The van der Waals surface area contributed by atoms with Crippen molar-refractivity contribution >= 4 is 11.6 Å². The summed E-state index contributed by atoms with van der Waals surface area (Å²) in [4.78, 5) is 30.7. The quantitative estimate of drug-likeness (QED) is 0.692. The van der Waals surface area contributed by atoms with Crippen LogP contribution in [0.3, 0.4) is 0 Å². The number of benzene rings is 1. The summed E-state index contributed by atoms with van der Waals surface area (Å²) in [7, 11) is 0. The van der Waals surface area contributed by atoms with Gasteiger partial charge in [0.05, 0.1) is 0 Å². The first-order valence-electron chi connectivity index (χ1n) is 10.8. The Kier molecular flexibility index (Phi) is 5.50. The van der Waals surface area contributed by atoms with E-state index in [1.54, 1.807) is 6.20 Å². The van der Waals surface area contributed by atoms with E-state index in [4.69, 9.17) is 0 Å². The molecule has 2 aromatic heterocycles. The number of hydrogen-bond donors (Lipinski definition) is 2. The van der Waals surface area contributed by atoms with Crippen LogP contribution in [0.4, 0.5) is 0 Å². The Labute approximate surface area is 176 Å². The molecule has 0 aliphatic heterocycles. The zero-order chi connectivity index (χ0) is 21.4. The third-order valence-corrected chi connectivity index (χ3v) is 6.73. The predicted octanol–water partition coefficient (Wildman–Crippen LogP) is 3.78. The van der Waals surface area contributed by atoms with Gasteiger partial charge in [-0.2, -0.15) is 0 Å². The van der Waals surface area contributed by atoms with Crippen LogP contribution in [0.5, 0.6) is 0 Å². The molecule has 0 unspecified atom stereocenters. The Morgan fingerprint density at radius 3 is 2.67 bits per heavy atom. The van der Waals surface area contributed by atoms with E-state index >= 15 is 0 Å². The maximum absolute atomic E-state index is 13.1. The van der Waals surface area contributed by atoms with Crippen LogP contribution in [0.15, 0.2) is 35.3 Å². The number of aryl methyl sites for hydroxylation is 2. The number of aromatic amines is 1. The van der Waals surface area contributed by atoms with Gasteiger partial charge < -0.3 is 5.32 Å². The molecule has 3 aromatic rings. The molecular formula is C24H30N4O2. The van der Waals surface area contributed by atoms with Gasteiger partial charge in [0.15, 0.2) is 5.65 Å². The molecule has 2 N–H and O–H groups in total. The van der Waals surface area contributed by atoms with Crippen molar-refractivity contribution in [3.8, 4) is 0 Å². The minimum atomic E-state index is -0.169. The number of rotatable bonds is 4. The summed E-state index contributed by atoms with van der Waals surface area (Å²) in [6, 6.07) is 8.30. The fourth-order valence-electron chi connectivity index (χ4n) is 4.47. The fraction of sp³-hybridized carbons (Fsp3) is 0.458. The third kappa shape index (κ3) is 3.78. The van der Waals surface area contributed by atoms with E-state index in [9.17, 15) is 9.59 Å². The summed E-state index contributed by atoms with van der Waals surface area (Å²) >= 11 is 0. The Morgan fingerprint density at radius 2 is 1.93 bits per heavy atom. The number of aromatic nitrogens is 3. The number of carbonyl (C=O) groups is 1. The van der Waals surface area contributed by atoms with Crippen LogP contribution in [0.1, 0.15) is 65.9 Å². The van der Waals surface area contributed by atoms with Crippen molar-refractivity contribution in [2.24, 2.45) is 11.8 Å². The molecule has 6 heteroatoms. The highest BCUT2D eigenvalue weighted by Gasteiger charge is 2.29. The first-order chi connectivity index (χ1) is 14.3. The Bertz CT molecular complexity index is 1130. The van der Waals surface area contributed by atoms with Gasteiger partial charge in [-0.3, -0.25) is 14.7 Å². The van der Waals surface area contributed by atoms with E-state index in [-0.39, 0.29) is 17.5 Å². The van der Waals surface area contributed by atoms with E-state index in [2.05, 4.69) is 29.2 Å². The van der Waals surface area contributed by atoms with Crippen LogP contribution in [-0.4, -0.2) is 26.5 Å². The zero-order valence-electron chi connectivity index (χ0n) is 18.2. The topological polar surface area (TPSA) is 79.3 Å². The maximum atomic E-state index is 13.1. The van der Waals surface area contributed by atoms with Gasteiger partial charge >= 0.3 is 0 Å². The summed E-state index contributed by atoms with van der Waals surface area (Å²) in [5.74, 6) is 0.864.